The quantitative estimate of drug-likeness (QED) is 0.843. The van der Waals surface area contributed by atoms with Crippen molar-refractivity contribution in [2.45, 2.75) is 12.8 Å². The van der Waals surface area contributed by atoms with Crippen LogP contribution < -0.4 is 5.32 Å². The predicted octanol–water partition coefficient (Wildman–Crippen LogP) is 1.29. The van der Waals surface area contributed by atoms with E-state index >= 15 is 0 Å². The summed E-state index contributed by atoms with van der Waals surface area (Å²) in [5.74, 6) is -1.06. The molecule has 1 unspecified atom stereocenters. The normalized spacial score (nSPS) is 18.6. The van der Waals surface area contributed by atoms with Gasteiger partial charge in [0.15, 0.2) is 0 Å². The summed E-state index contributed by atoms with van der Waals surface area (Å²) in [5.41, 5.74) is 1.30. The van der Waals surface area contributed by atoms with Gasteiger partial charge in [-0.25, -0.2) is 0 Å². The topological polar surface area (TPSA) is 75.6 Å². The van der Waals surface area contributed by atoms with Gasteiger partial charge in [0.2, 0.25) is 5.91 Å². The van der Waals surface area contributed by atoms with Crippen LogP contribution in [-0.4, -0.2) is 30.2 Å². The second-order valence-electron chi connectivity index (χ2n) is 4.32. The number of hydrogen-bond acceptors (Lipinski definition) is 3. The van der Waals surface area contributed by atoms with E-state index in [4.69, 9.17) is 9.84 Å². The number of carbonyl (C=O) groups excluding carboxylic acids is 1. The first-order chi connectivity index (χ1) is 8.65. The zero-order valence-electron chi connectivity index (χ0n) is 9.89. The number of ether oxygens (including phenoxy) is 1. The number of carboxylic acid groups (broad SMARTS) is 1. The maximum absolute atomic E-state index is 11.8. The van der Waals surface area contributed by atoms with Crippen LogP contribution in [0.4, 0.5) is 5.69 Å². The summed E-state index contributed by atoms with van der Waals surface area (Å²) in [6.07, 6.45) is 0.691. The Bertz CT molecular complexity index is 452. The second-order valence-corrected chi connectivity index (χ2v) is 4.32. The number of rotatable bonds is 4. The average molecular weight is 249 g/mol. The predicted molar refractivity (Wildman–Crippen MR) is 65.3 cm³/mol. The summed E-state index contributed by atoms with van der Waals surface area (Å²) in [6, 6.07) is 6.89. The Morgan fingerprint density at radius 2 is 2.28 bits per heavy atom. The van der Waals surface area contributed by atoms with Crippen LogP contribution in [0.5, 0.6) is 0 Å². The van der Waals surface area contributed by atoms with Crippen molar-refractivity contribution in [3.63, 3.8) is 0 Å². The molecule has 0 bridgehead atoms. The summed E-state index contributed by atoms with van der Waals surface area (Å²) in [4.78, 5) is 22.4. The smallest absolute Gasteiger partial charge is 0.307 e. The molecule has 2 rings (SSSR count). The molecule has 0 aromatic heterocycles. The van der Waals surface area contributed by atoms with Crippen LogP contribution in [0.3, 0.4) is 0 Å². The van der Waals surface area contributed by atoms with Gasteiger partial charge in [-0.1, -0.05) is 12.1 Å². The highest BCUT2D eigenvalue weighted by atomic mass is 16.5. The summed E-state index contributed by atoms with van der Waals surface area (Å²) in [5, 5.41) is 11.5. The molecule has 0 saturated carbocycles. The Kier molecular flexibility index (Phi) is 3.94. The first kappa shape index (κ1) is 12.6. The monoisotopic (exact) mass is 249 g/mol. The Morgan fingerprint density at radius 3 is 2.94 bits per heavy atom. The van der Waals surface area contributed by atoms with Gasteiger partial charge in [0, 0.05) is 12.3 Å². The van der Waals surface area contributed by atoms with Crippen LogP contribution in [0.1, 0.15) is 12.0 Å². The lowest BCUT2D eigenvalue weighted by atomic mass is 10.1. The van der Waals surface area contributed by atoms with E-state index in [-0.39, 0.29) is 18.2 Å². The maximum Gasteiger partial charge on any atom is 0.307 e. The molecule has 96 valence electrons. The third-order valence-corrected chi connectivity index (χ3v) is 2.85. The second kappa shape index (κ2) is 5.64. The Hall–Kier alpha value is -1.88. The Labute approximate surface area is 105 Å². The molecule has 18 heavy (non-hydrogen) atoms. The van der Waals surface area contributed by atoms with Gasteiger partial charge in [0.05, 0.1) is 18.9 Å². The standard InChI is InChI=1S/C13H15NO4/c15-12(16)7-9-2-1-3-11(6-9)14-13(17)10-4-5-18-8-10/h1-3,6,10H,4-5,7-8H2,(H,14,17)(H,15,16). The summed E-state index contributed by atoms with van der Waals surface area (Å²) < 4.78 is 5.15. The fourth-order valence-electron chi connectivity index (χ4n) is 1.92. The number of aliphatic carboxylic acids is 1. The number of hydrogen-bond donors (Lipinski definition) is 2. The number of nitrogens with one attached hydrogen (secondary N) is 1. The minimum Gasteiger partial charge on any atom is -0.481 e. The maximum atomic E-state index is 11.8. The molecule has 0 aliphatic carbocycles. The van der Waals surface area contributed by atoms with Crippen LogP contribution in [0.25, 0.3) is 0 Å². The molecule has 2 N–H and O–H groups in total. The van der Waals surface area contributed by atoms with E-state index in [1.165, 1.54) is 0 Å². The lowest BCUT2D eigenvalue weighted by molar-refractivity contribution is -0.136. The average Bonchev–Trinajstić information content (AvgIpc) is 2.81. The molecule has 0 spiro atoms. The van der Waals surface area contributed by atoms with E-state index < -0.39 is 5.97 Å². The number of anilines is 1. The van der Waals surface area contributed by atoms with Gasteiger partial charge in [0.1, 0.15) is 0 Å². The largest absolute Gasteiger partial charge is 0.481 e. The number of carboxylic acids is 1. The first-order valence-corrected chi connectivity index (χ1v) is 5.84. The van der Waals surface area contributed by atoms with E-state index in [1.54, 1.807) is 24.3 Å². The van der Waals surface area contributed by atoms with E-state index in [2.05, 4.69) is 5.32 Å². The lowest BCUT2D eigenvalue weighted by Crippen LogP contribution is -2.22. The van der Waals surface area contributed by atoms with E-state index in [1.807, 2.05) is 0 Å². The van der Waals surface area contributed by atoms with Crippen LogP contribution in [0.15, 0.2) is 24.3 Å². The molecule has 1 amide bonds. The van der Waals surface area contributed by atoms with Crippen molar-refractivity contribution in [1.29, 1.82) is 0 Å². The van der Waals surface area contributed by atoms with Crippen molar-refractivity contribution in [1.82, 2.24) is 0 Å². The van der Waals surface area contributed by atoms with Crippen LogP contribution in [0, 0.1) is 5.92 Å². The molecular formula is C13H15NO4. The molecule has 1 aromatic carbocycles. The van der Waals surface area contributed by atoms with Gasteiger partial charge in [-0.3, -0.25) is 9.59 Å². The van der Waals surface area contributed by atoms with E-state index in [9.17, 15) is 9.59 Å². The van der Waals surface area contributed by atoms with Crippen molar-refractivity contribution in [3.8, 4) is 0 Å². The van der Waals surface area contributed by atoms with E-state index in [0.29, 0.717) is 24.5 Å². The van der Waals surface area contributed by atoms with Gasteiger partial charge in [-0.15, -0.1) is 0 Å². The zero-order valence-corrected chi connectivity index (χ0v) is 9.89. The number of carbonyl (C=O) groups is 2. The third-order valence-electron chi connectivity index (χ3n) is 2.85. The molecule has 1 saturated heterocycles. The number of amides is 1. The van der Waals surface area contributed by atoms with E-state index in [0.717, 1.165) is 6.42 Å². The molecule has 1 heterocycles. The van der Waals surface area contributed by atoms with Crippen LogP contribution in [0.2, 0.25) is 0 Å². The lowest BCUT2D eigenvalue weighted by Gasteiger charge is -2.10. The Balaban J connectivity index is 2.00. The molecule has 0 radical (unpaired) electrons. The summed E-state index contributed by atoms with van der Waals surface area (Å²) in [6.45, 7) is 1.08. The van der Waals surface area contributed by atoms with Gasteiger partial charge in [-0.2, -0.15) is 0 Å². The van der Waals surface area contributed by atoms with Crippen molar-refractivity contribution >= 4 is 17.6 Å². The highest BCUT2D eigenvalue weighted by molar-refractivity contribution is 5.92. The minimum absolute atomic E-state index is 0.0454. The van der Waals surface area contributed by atoms with Gasteiger partial charge in [-0.05, 0) is 24.1 Å². The molecule has 1 aliphatic heterocycles. The molecule has 1 aromatic rings. The van der Waals surface area contributed by atoms with Crippen molar-refractivity contribution in [2.24, 2.45) is 5.92 Å². The van der Waals surface area contributed by atoms with Crippen LogP contribution in [-0.2, 0) is 20.7 Å². The Morgan fingerprint density at radius 1 is 1.44 bits per heavy atom. The van der Waals surface area contributed by atoms with Gasteiger partial charge >= 0.3 is 5.97 Å². The summed E-state index contributed by atoms with van der Waals surface area (Å²) >= 11 is 0. The SMILES string of the molecule is O=C(O)Cc1cccc(NC(=O)C2CCOC2)c1. The fraction of sp³-hybridized carbons (Fsp3) is 0.385. The molecule has 1 atom stereocenters. The highest BCUT2D eigenvalue weighted by Crippen LogP contribution is 2.17. The van der Waals surface area contributed by atoms with Gasteiger partial charge < -0.3 is 15.2 Å². The first-order valence-electron chi connectivity index (χ1n) is 5.84. The third kappa shape index (κ3) is 3.30. The summed E-state index contributed by atoms with van der Waals surface area (Å²) in [7, 11) is 0. The van der Waals surface area contributed by atoms with Gasteiger partial charge in [0.25, 0.3) is 0 Å². The molecule has 1 fully saturated rings. The molecular weight excluding hydrogens is 234 g/mol. The number of benzene rings is 1. The van der Waals surface area contributed by atoms with Crippen molar-refractivity contribution < 1.29 is 19.4 Å². The van der Waals surface area contributed by atoms with Crippen molar-refractivity contribution in [2.75, 3.05) is 18.5 Å². The molecule has 5 heteroatoms. The molecule has 1 aliphatic rings. The minimum atomic E-state index is -0.886. The van der Waals surface area contributed by atoms with Crippen LogP contribution >= 0.6 is 0 Å². The molecule has 5 nitrogen and oxygen atoms in total. The fourth-order valence-corrected chi connectivity index (χ4v) is 1.92. The zero-order chi connectivity index (χ0) is 13.0. The highest BCUT2D eigenvalue weighted by Gasteiger charge is 2.23. The van der Waals surface area contributed by atoms with Crippen molar-refractivity contribution in [3.05, 3.63) is 29.8 Å².